The lowest BCUT2D eigenvalue weighted by molar-refractivity contribution is -0.140. The predicted molar refractivity (Wildman–Crippen MR) is 60.0 cm³/mol. The molecule has 0 aliphatic carbocycles. The Kier molecular flexibility index (Phi) is 4.69. The smallest absolute Gasteiger partial charge is 0.326 e. The fourth-order valence-electron chi connectivity index (χ4n) is 1.47. The van der Waals surface area contributed by atoms with Crippen LogP contribution in [0.3, 0.4) is 0 Å². The molecule has 0 bridgehead atoms. The van der Waals surface area contributed by atoms with Crippen molar-refractivity contribution in [3.05, 3.63) is 34.9 Å². The number of amides is 1. The van der Waals surface area contributed by atoms with E-state index in [0.717, 1.165) is 0 Å². The molecule has 0 aromatic heterocycles. The average Bonchev–Trinajstić information content (AvgIpc) is 2.36. The van der Waals surface area contributed by atoms with Gasteiger partial charge in [0.2, 0.25) is 0 Å². The molecule has 2 N–H and O–H groups in total. The van der Waals surface area contributed by atoms with Crippen LogP contribution >= 0.6 is 0 Å². The summed E-state index contributed by atoms with van der Waals surface area (Å²) < 4.78 is 52.0. The van der Waals surface area contributed by atoms with E-state index >= 15 is 0 Å². The summed E-state index contributed by atoms with van der Waals surface area (Å²) in [6, 6.07) is -1.21. The highest BCUT2D eigenvalue weighted by Gasteiger charge is 2.28. The van der Waals surface area contributed by atoms with Crippen LogP contribution in [0.5, 0.6) is 0 Å². The van der Waals surface area contributed by atoms with Gasteiger partial charge in [-0.05, 0) is 12.0 Å². The van der Waals surface area contributed by atoms with Gasteiger partial charge >= 0.3 is 5.97 Å². The van der Waals surface area contributed by atoms with E-state index in [-0.39, 0.29) is 6.07 Å². The first-order chi connectivity index (χ1) is 9.16. The van der Waals surface area contributed by atoms with E-state index in [9.17, 15) is 27.2 Å². The van der Waals surface area contributed by atoms with Crippen LogP contribution in [0, 0.1) is 29.2 Å². The quantitative estimate of drug-likeness (QED) is 0.507. The third-order valence-electron chi connectivity index (χ3n) is 2.57. The van der Waals surface area contributed by atoms with Crippen molar-refractivity contribution < 1.29 is 32.3 Å². The number of nitrogens with one attached hydrogen (secondary N) is 1. The van der Waals surface area contributed by atoms with E-state index < -0.39 is 52.7 Å². The molecule has 1 rings (SSSR count). The van der Waals surface area contributed by atoms with Gasteiger partial charge in [0, 0.05) is 0 Å². The first-order valence-corrected chi connectivity index (χ1v) is 5.53. The van der Waals surface area contributed by atoms with Gasteiger partial charge in [-0.3, -0.25) is 4.79 Å². The molecule has 0 unspecified atom stereocenters. The molecule has 4 nitrogen and oxygen atoms in total. The predicted octanol–water partition coefficient (Wildman–Crippen LogP) is 2.08. The number of benzene rings is 1. The van der Waals surface area contributed by atoms with Crippen molar-refractivity contribution in [1.82, 2.24) is 5.32 Å². The van der Waals surface area contributed by atoms with Crippen LogP contribution in [0.15, 0.2) is 6.07 Å². The molecule has 0 radical (unpaired) electrons. The summed E-state index contributed by atoms with van der Waals surface area (Å²) in [5.41, 5.74) is -1.10. The molecule has 0 saturated carbocycles. The lowest BCUT2D eigenvalue weighted by Crippen LogP contribution is -2.44. The maximum atomic E-state index is 13.4. The molecule has 0 heterocycles. The number of rotatable bonds is 4. The van der Waals surface area contributed by atoms with Crippen molar-refractivity contribution in [3.8, 4) is 0 Å². The Morgan fingerprint density at radius 2 is 1.65 bits per heavy atom. The summed E-state index contributed by atoms with van der Waals surface area (Å²) in [4.78, 5) is 22.5. The fraction of sp³-hybridized carbons (Fsp3) is 0.333. The van der Waals surface area contributed by atoms with Crippen LogP contribution in [0.2, 0.25) is 0 Å². The van der Waals surface area contributed by atoms with E-state index in [0.29, 0.717) is 0 Å². The molecule has 1 aromatic rings. The summed E-state index contributed by atoms with van der Waals surface area (Å²) in [5, 5.41) is 10.8. The van der Waals surface area contributed by atoms with Gasteiger partial charge in [-0.15, -0.1) is 0 Å². The zero-order valence-electron chi connectivity index (χ0n) is 10.5. The molecule has 0 saturated heterocycles. The number of carbonyl (C=O) groups excluding carboxylic acids is 1. The minimum absolute atomic E-state index is 0.169. The van der Waals surface area contributed by atoms with E-state index in [2.05, 4.69) is 0 Å². The Morgan fingerprint density at radius 1 is 1.10 bits per heavy atom. The third-order valence-corrected chi connectivity index (χ3v) is 2.57. The van der Waals surface area contributed by atoms with Gasteiger partial charge in [-0.1, -0.05) is 13.8 Å². The highest BCUT2D eigenvalue weighted by molar-refractivity contribution is 5.96. The molecule has 8 heteroatoms. The second kappa shape index (κ2) is 5.89. The average molecular weight is 293 g/mol. The number of halogens is 4. The standard InChI is InChI=1S/C12H11F4NO3/c1-4(2)10(12(19)20)17-11(18)5-3-6(13)8(15)9(16)7(5)14/h3-4,10H,1-2H3,(H,17,18)(H,19,20)/t10-/m0/s1. The summed E-state index contributed by atoms with van der Waals surface area (Å²) in [6.45, 7) is 2.95. The van der Waals surface area contributed by atoms with Gasteiger partial charge in [0.25, 0.3) is 5.91 Å². The van der Waals surface area contributed by atoms with E-state index in [1.807, 2.05) is 5.32 Å². The van der Waals surface area contributed by atoms with Crippen molar-refractivity contribution in [1.29, 1.82) is 0 Å². The summed E-state index contributed by atoms with van der Waals surface area (Å²) >= 11 is 0. The van der Waals surface area contributed by atoms with Crippen molar-refractivity contribution in [2.24, 2.45) is 5.92 Å². The fourth-order valence-corrected chi connectivity index (χ4v) is 1.47. The zero-order valence-corrected chi connectivity index (χ0v) is 10.5. The Labute approximate surface area is 111 Å². The Morgan fingerprint density at radius 3 is 2.10 bits per heavy atom. The van der Waals surface area contributed by atoms with Gasteiger partial charge in [0.1, 0.15) is 6.04 Å². The van der Waals surface area contributed by atoms with E-state index in [1.165, 1.54) is 13.8 Å². The molecule has 0 aliphatic rings. The molecular formula is C12H11F4NO3. The Bertz CT molecular complexity index is 560. The molecule has 1 amide bonds. The van der Waals surface area contributed by atoms with Crippen molar-refractivity contribution in [3.63, 3.8) is 0 Å². The van der Waals surface area contributed by atoms with Gasteiger partial charge < -0.3 is 10.4 Å². The number of carboxylic acids is 1. The molecule has 0 aliphatic heterocycles. The van der Waals surface area contributed by atoms with Crippen molar-refractivity contribution in [2.75, 3.05) is 0 Å². The summed E-state index contributed by atoms with van der Waals surface area (Å²) in [6.07, 6.45) is 0. The van der Waals surface area contributed by atoms with Gasteiger partial charge in [0.05, 0.1) is 5.56 Å². The van der Waals surface area contributed by atoms with Crippen LogP contribution < -0.4 is 5.32 Å². The van der Waals surface area contributed by atoms with Crippen LogP contribution in [0.4, 0.5) is 17.6 Å². The Hall–Kier alpha value is -2.12. The van der Waals surface area contributed by atoms with E-state index in [1.54, 1.807) is 0 Å². The molecule has 1 atom stereocenters. The molecular weight excluding hydrogens is 282 g/mol. The lowest BCUT2D eigenvalue weighted by atomic mass is 10.0. The minimum atomic E-state index is -2.13. The van der Waals surface area contributed by atoms with Crippen LogP contribution in [0.25, 0.3) is 0 Å². The first kappa shape index (κ1) is 15.9. The molecule has 20 heavy (non-hydrogen) atoms. The number of hydrogen-bond acceptors (Lipinski definition) is 2. The highest BCUT2D eigenvalue weighted by atomic mass is 19.2. The van der Waals surface area contributed by atoms with Crippen molar-refractivity contribution in [2.45, 2.75) is 19.9 Å². The Balaban J connectivity index is 3.13. The normalized spacial score (nSPS) is 12.3. The maximum absolute atomic E-state index is 13.4. The highest BCUT2D eigenvalue weighted by Crippen LogP contribution is 2.19. The topological polar surface area (TPSA) is 66.4 Å². The first-order valence-electron chi connectivity index (χ1n) is 5.53. The number of hydrogen-bond donors (Lipinski definition) is 2. The number of aliphatic carboxylic acids is 1. The van der Waals surface area contributed by atoms with Gasteiger partial charge in [0.15, 0.2) is 23.3 Å². The SMILES string of the molecule is CC(C)[C@H](NC(=O)c1cc(F)c(F)c(F)c1F)C(=O)O. The van der Waals surface area contributed by atoms with Crippen LogP contribution in [-0.2, 0) is 4.79 Å². The van der Waals surface area contributed by atoms with Crippen LogP contribution in [0.1, 0.15) is 24.2 Å². The monoisotopic (exact) mass is 293 g/mol. The summed E-state index contributed by atoms with van der Waals surface area (Å²) in [7, 11) is 0. The number of carbonyl (C=O) groups is 2. The molecule has 0 fully saturated rings. The molecule has 110 valence electrons. The second-order valence-electron chi connectivity index (χ2n) is 4.38. The van der Waals surface area contributed by atoms with Crippen LogP contribution in [-0.4, -0.2) is 23.0 Å². The largest absolute Gasteiger partial charge is 0.480 e. The maximum Gasteiger partial charge on any atom is 0.326 e. The molecule has 1 aromatic carbocycles. The number of carboxylic acid groups (broad SMARTS) is 1. The van der Waals surface area contributed by atoms with Gasteiger partial charge in [-0.25, -0.2) is 22.4 Å². The zero-order chi connectivity index (χ0) is 15.6. The second-order valence-corrected chi connectivity index (χ2v) is 4.38. The third kappa shape index (κ3) is 3.06. The molecule has 0 spiro atoms. The lowest BCUT2D eigenvalue weighted by Gasteiger charge is -2.18. The van der Waals surface area contributed by atoms with E-state index in [4.69, 9.17) is 5.11 Å². The van der Waals surface area contributed by atoms with Crippen molar-refractivity contribution >= 4 is 11.9 Å². The summed E-state index contributed by atoms with van der Waals surface area (Å²) in [5.74, 6) is -11.1. The minimum Gasteiger partial charge on any atom is -0.480 e. The van der Waals surface area contributed by atoms with Gasteiger partial charge in [-0.2, -0.15) is 0 Å².